The van der Waals surface area contributed by atoms with Crippen LogP contribution in [-0.2, 0) is 9.31 Å². The van der Waals surface area contributed by atoms with Gasteiger partial charge < -0.3 is 61.2 Å². The van der Waals surface area contributed by atoms with Crippen molar-refractivity contribution in [2.24, 2.45) is 0 Å². The highest BCUT2D eigenvalue weighted by Gasteiger charge is 2.63. The number of carbonyl (C=O) groups is 4. The number of anilines is 2. The predicted octanol–water partition coefficient (Wildman–Crippen LogP) is 2.77. The van der Waals surface area contributed by atoms with E-state index in [0.29, 0.717) is 23.5 Å². The Labute approximate surface area is 361 Å². The average molecular weight is 898 g/mol. The van der Waals surface area contributed by atoms with Gasteiger partial charge in [-0.1, -0.05) is 24.3 Å². The summed E-state index contributed by atoms with van der Waals surface area (Å²) in [5.41, 5.74) is 15.3. The molecule has 17 nitrogen and oxygen atoms in total. The molecular weight excluding hydrogens is 847 g/mol. The van der Waals surface area contributed by atoms with Gasteiger partial charge in [0.25, 0.3) is 11.8 Å². The minimum Gasteiger partial charge on any atom is -0.399 e. The first-order chi connectivity index (χ1) is 28.8. The van der Waals surface area contributed by atoms with Gasteiger partial charge in [-0.15, -0.1) is 0 Å². The number of nitrogens with one attached hydrogen (secondary N) is 4. The summed E-state index contributed by atoms with van der Waals surface area (Å²) in [4.78, 5) is 51.5. The van der Waals surface area contributed by atoms with E-state index in [-0.39, 0.29) is 78.4 Å². The average Bonchev–Trinajstić information content (AvgIpc) is 4.07. The first-order valence-corrected chi connectivity index (χ1v) is 21.2. The fourth-order valence-electron chi connectivity index (χ4n) is 9.82. The number of aromatic nitrogens is 2. The lowest BCUT2D eigenvalue weighted by molar-refractivity contribution is -0.0561. The monoisotopic (exact) mass is 896 g/mol. The molecule has 2 saturated carbocycles. The SMILES string of the molecule is CC1(C)OB(c2ccc(N)cc2)OC1(C)C.CN1C(=O)N[C@H]2[C@@H]3NC(=O)c4ccc(-c5ccc(N)cc5)n4[C@@H]3C[C@H]21.CN1C(=O)N[C@H]2[C@@H]3NC(=O)c4ccc(Br)n4[C@@H]3C[C@]21O. The lowest BCUT2D eigenvalue weighted by Crippen LogP contribution is -2.56. The number of benzene rings is 2. The van der Waals surface area contributed by atoms with E-state index in [9.17, 15) is 24.3 Å². The second kappa shape index (κ2) is 14.3. The zero-order valence-corrected chi connectivity index (χ0v) is 36.3. The Bertz CT molecular complexity index is 2420. The molecule has 61 heavy (non-hydrogen) atoms. The normalized spacial score (nSPS) is 30.6. The van der Waals surface area contributed by atoms with E-state index in [0.717, 1.165) is 33.4 Å². The number of aliphatic hydroxyl groups is 1. The fourth-order valence-corrected chi connectivity index (χ4v) is 10.4. The molecule has 11 rings (SSSR count). The minimum atomic E-state index is -1.27. The summed E-state index contributed by atoms with van der Waals surface area (Å²) < 4.78 is 16.7. The second-order valence-electron chi connectivity index (χ2n) is 17.9. The van der Waals surface area contributed by atoms with E-state index >= 15 is 0 Å². The van der Waals surface area contributed by atoms with Crippen LogP contribution < -0.4 is 38.2 Å². The number of carbonyl (C=O) groups excluding carboxylic acids is 4. The van der Waals surface area contributed by atoms with Crippen LogP contribution in [0.25, 0.3) is 11.3 Å². The van der Waals surface area contributed by atoms with E-state index in [2.05, 4.69) is 41.8 Å². The molecule has 19 heteroatoms. The van der Waals surface area contributed by atoms with Crippen LogP contribution in [0.5, 0.6) is 0 Å². The van der Waals surface area contributed by atoms with Crippen LogP contribution >= 0.6 is 15.9 Å². The third kappa shape index (κ3) is 6.46. The predicted molar refractivity (Wildman–Crippen MR) is 232 cm³/mol. The molecule has 5 aliphatic heterocycles. The van der Waals surface area contributed by atoms with Crippen molar-refractivity contribution >= 4 is 63.8 Å². The molecular formula is C42H50BBrN10O7. The summed E-state index contributed by atoms with van der Waals surface area (Å²) in [7, 11) is 3.09. The van der Waals surface area contributed by atoms with Crippen LogP contribution in [0.2, 0.25) is 0 Å². The number of halogens is 1. The Morgan fingerprint density at radius 3 is 1.85 bits per heavy atom. The zero-order chi connectivity index (χ0) is 43.5. The molecule has 9 N–H and O–H groups in total. The maximum absolute atomic E-state index is 12.6. The summed E-state index contributed by atoms with van der Waals surface area (Å²) in [5.74, 6) is -0.280. The molecule has 320 valence electrons. The molecule has 0 radical (unpaired) electrons. The summed E-state index contributed by atoms with van der Waals surface area (Å²) >= 11 is 3.44. The molecule has 0 unspecified atom stereocenters. The number of urea groups is 2. The van der Waals surface area contributed by atoms with Crippen molar-refractivity contribution < 1.29 is 33.6 Å². The molecule has 2 aromatic carbocycles. The summed E-state index contributed by atoms with van der Waals surface area (Å²) in [5, 5.41) is 22.6. The highest BCUT2D eigenvalue weighted by Crippen LogP contribution is 2.47. The molecule has 4 aromatic rings. The number of amides is 6. The number of hydrogen-bond acceptors (Lipinski definition) is 9. The van der Waals surface area contributed by atoms with Crippen molar-refractivity contribution in [1.29, 1.82) is 0 Å². The molecule has 2 aromatic heterocycles. The molecule has 6 amide bonds. The minimum absolute atomic E-state index is 0.0544. The third-order valence-corrected chi connectivity index (χ3v) is 14.6. The van der Waals surface area contributed by atoms with Crippen molar-refractivity contribution in [2.45, 2.75) is 99.8 Å². The van der Waals surface area contributed by atoms with Gasteiger partial charge in [-0.2, -0.15) is 0 Å². The third-order valence-electron chi connectivity index (χ3n) is 13.9. The second-order valence-corrected chi connectivity index (χ2v) is 18.7. The smallest absolute Gasteiger partial charge is 0.399 e. The van der Waals surface area contributed by atoms with Gasteiger partial charge in [-0.25, -0.2) is 9.59 Å². The summed E-state index contributed by atoms with van der Waals surface area (Å²) in [6.07, 6.45) is 1.19. The number of nitrogens with two attached hydrogens (primary N) is 2. The molecule has 2 aliphatic carbocycles. The number of likely N-dealkylation sites (N-methyl/N-ethyl adjacent to an activating group) is 2. The quantitative estimate of drug-likeness (QED) is 0.116. The van der Waals surface area contributed by atoms with Gasteiger partial charge in [-0.3, -0.25) is 14.5 Å². The summed E-state index contributed by atoms with van der Waals surface area (Å²) in [6.45, 7) is 8.18. The Kier molecular flexibility index (Phi) is 9.58. The molecule has 0 spiro atoms. The van der Waals surface area contributed by atoms with E-state index in [1.165, 1.54) is 4.90 Å². The Hall–Kier alpha value is -5.50. The van der Waals surface area contributed by atoms with Gasteiger partial charge in [0.15, 0.2) is 5.72 Å². The van der Waals surface area contributed by atoms with E-state index in [4.69, 9.17) is 20.8 Å². The first kappa shape index (κ1) is 40.9. The maximum atomic E-state index is 12.6. The Balaban J connectivity index is 0.000000120. The molecule has 7 heterocycles. The van der Waals surface area contributed by atoms with Crippen LogP contribution in [0.4, 0.5) is 21.0 Å². The van der Waals surface area contributed by atoms with Crippen molar-refractivity contribution in [3.63, 3.8) is 0 Å². The molecule has 7 aliphatic rings. The van der Waals surface area contributed by atoms with Crippen molar-refractivity contribution in [2.75, 3.05) is 25.6 Å². The van der Waals surface area contributed by atoms with Crippen LogP contribution in [0.15, 0.2) is 77.4 Å². The van der Waals surface area contributed by atoms with Crippen molar-refractivity contribution in [3.8, 4) is 11.3 Å². The maximum Gasteiger partial charge on any atom is 0.494 e. The zero-order valence-electron chi connectivity index (χ0n) is 34.7. The van der Waals surface area contributed by atoms with Gasteiger partial charge in [0, 0.05) is 37.6 Å². The van der Waals surface area contributed by atoms with Crippen LogP contribution in [-0.4, -0.2) is 116 Å². The molecule has 8 atom stereocenters. The lowest BCUT2D eigenvalue weighted by Gasteiger charge is -2.33. The van der Waals surface area contributed by atoms with Gasteiger partial charge in [0.1, 0.15) is 17.4 Å². The Morgan fingerprint density at radius 2 is 1.21 bits per heavy atom. The van der Waals surface area contributed by atoms with Crippen LogP contribution in [0.1, 0.15) is 73.6 Å². The number of fused-ring (bicyclic) bond motifs is 10. The largest absolute Gasteiger partial charge is 0.494 e. The molecule has 3 saturated heterocycles. The van der Waals surface area contributed by atoms with Crippen LogP contribution in [0, 0.1) is 0 Å². The highest BCUT2D eigenvalue weighted by molar-refractivity contribution is 9.10. The fraction of sp³-hybridized carbons (Fsp3) is 0.429. The van der Waals surface area contributed by atoms with Crippen LogP contribution in [0.3, 0.4) is 0 Å². The van der Waals surface area contributed by atoms with E-state index < -0.39 is 11.8 Å². The van der Waals surface area contributed by atoms with Gasteiger partial charge in [0.05, 0.1) is 52.1 Å². The van der Waals surface area contributed by atoms with Gasteiger partial charge >= 0.3 is 19.2 Å². The molecule has 0 bridgehead atoms. The highest BCUT2D eigenvalue weighted by atomic mass is 79.9. The van der Waals surface area contributed by atoms with Crippen molar-refractivity contribution in [3.05, 3.63) is 88.8 Å². The first-order valence-electron chi connectivity index (χ1n) is 20.4. The Morgan fingerprint density at radius 1 is 0.672 bits per heavy atom. The number of nitrogens with zero attached hydrogens (tertiary/aromatic N) is 4. The van der Waals surface area contributed by atoms with Gasteiger partial charge in [0.2, 0.25) is 0 Å². The van der Waals surface area contributed by atoms with Gasteiger partial charge in [-0.05, 0) is 110 Å². The summed E-state index contributed by atoms with van der Waals surface area (Å²) in [6, 6.07) is 21.5. The molecule has 5 fully saturated rings. The standard InChI is InChI=1S/C18H19N5O2.C12H18BNO2.C12H13BrN4O3/c1-22-13-8-14-16(15(13)21-18(22)25)20-17(24)12-7-6-11(23(12)14)9-2-4-10(19)5-3-9;1-11(2)12(3,4)16-13(15-11)9-5-7-10(14)8-6-9;1-16-11(19)15-9-8-6(4-12(9,16)20)17-5(10(18)14-8)2-3-7(17)13/h2-7,13-16H,8,19H2,1H3,(H,20,24)(H,21,25);5-8H,14H2,1-4H3;2-3,6,8-9,20H,4H2,1H3,(H,14,18)(H,15,19)/t13-,14-,15-,16-;;6-,8-,9+,12+/m1.1/s1. The number of rotatable bonds is 2. The lowest BCUT2D eigenvalue weighted by atomic mass is 9.79. The van der Waals surface area contributed by atoms with E-state index in [1.54, 1.807) is 18.0 Å². The number of hydrogen-bond donors (Lipinski definition) is 7. The van der Waals surface area contributed by atoms with E-state index in [1.807, 2.05) is 106 Å². The number of nitrogen functional groups attached to an aromatic ring is 2. The van der Waals surface area contributed by atoms with Crippen molar-refractivity contribution in [1.82, 2.24) is 40.2 Å². The topological polar surface area (TPSA) is 223 Å².